The number of hydrogen-bond donors (Lipinski definition) is 1. The molecule has 0 radical (unpaired) electrons. The van der Waals surface area contributed by atoms with Crippen LogP contribution >= 0.6 is 0 Å². The summed E-state index contributed by atoms with van der Waals surface area (Å²) in [6.45, 7) is 0.694. The molecule has 0 unspecified atom stereocenters. The Morgan fingerprint density at radius 1 is 0.917 bits per heavy atom. The Morgan fingerprint density at radius 3 is 2.42 bits per heavy atom. The molecule has 4 heteroatoms. The predicted octanol–water partition coefficient (Wildman–Crippen LogP) is 4.64. The van der Waals surface area contributed by atoms with Crippen molar-refractivity contribution in [3.05, 3.63) is 48.0 Å². The van der Waals surface area contributed by atoms with Gasteiger partial charge in [-0.1, -0.05) is 18.2 Å². The number of para-hydroxylation sites is 1. The molecule has 1 aliphatic carbocycles. The van der Waals surface area contributed by atoms with Gasteiger partial charge in [0.15, 0.2) is 11.5 Å². The molecule has 0 saturated heterocycles. The van der Waals surface area contributed by atoms with Gasteiger partial charge in [0.05, 0.1) is 20.3 Å². The van der Waals surface area contributed by atoms with Gasteiger partial charge in [-0.25, -0.2) is 0 Å². The first-order valence-electron chi connectivity index (χ1n) is 8.50. The minimum atomic E-state index is 0.309. The third kappa shape index (κ3) is 3.94. The van der Waals surface area contributed by atoms with Crippen LogP contribution in [0.4, 0.5) is 5.69 Å². The summed E-state index contributed by atoms with van der Waals surface area (Å²) in [5, 5.41) is 3.44. The Kier molecular flexibility index (Phi) is 5.47. The Bertz CT molecular complexity index is 666. The maximum absolute atomic E-state index is 6.15. The lowest BCUT2D eigenvalue weighted by Gasteiger charge is -2.17. The van der Waals surface area contributed by atoms with Gasteiger partial charge in [0.2, 0.25) is 0 Å². The first-order valence-corrected chi connectivity index (χ1v) is 8.50. The zero-order chi connectivity index (χ0) is 16.8. The summed E-state index contributed by atoms with van der Waals surface area (Å²) in [6.07, 6.45) is 5.06. The Balaban J connectivity index is 1.71. The van der Waals surface area contributed by atoms with Crippen LogP contribution < -0.4 is 19.5 Å². The van der Waals surface area contributed by atoms with Gasteiger partial charge in [-0.05, 0) is 43.9 Å². The fourth-order valence-electron chi connectivity index (χ4n) is 3.11. The molecule has 0 amide bonds. The van der Waals surface area contributed by atoms with E-state index in [4.69, 9.17) is 14.2 Å². The van der Waals surface area contributed by atoms with Gasteiger partial charge in [-0.15, -0.1) is 0 Å². The highest BCUT2D eigenvalue weighted by atomic mass is 16.5. The first-order chi connectivity index (χ1) is 11.8. The van der Waals surface area contributed by atoms with Gasteiger partial charge >= 0.3 is 0 Å². The average Bonchev–Trinajstić information content (AvgIpc) is 3.13. The number of rotatable bonds is 7. The van der Waals surface area contributed by atoms with Crippen molar-refractivity contribution >= 4 is 5.69 Å². The summed E-state index contributed by atoms with van der Waals surface area (Å²) in [5.74, 6) is 2.49. The van der Waals surface area contributed by atoms with Crippen LogP contribution in [0.5, 0.6) is 17.2 Å². The molecule has 2 aromatic carbocycles. The molecule has 0 bridgehead atoms. The van der Waals surface area contributed by atoms with Gasteiger partial charge in [0.1, 0.15) is 5.75 Å². The quantitative estimate of drug-likeness (QED) is 0.804. The molecule has 0 aromatic heterocycles. The van der Waals surface area contributed by atoms with Gasteiger partial charge in [0.25, 0.3) is 0 Å². The van der Waals surface area contributed by atoms with E-state index < -0.39 is 0 Å². The smallest absolute Gasteiger partial charge is 0.163 e. The van der Waals surface area contributed by atoms with Crippen molar-refractivity contribution < 1.29 is 14.2 Å². The maximum Gasteiger partial charge on any atom is 0.163 e. The number of anilines is 1. The standard InChI is InChI=1S/C20H25NO3/c1-22-18-10-6-3-7-15(18)14-21-16-11-12-19(23-2)20(13-16)24-17-8-4-5-9-17/h3,6-7,10-13,17,21H,4-5,8-9,14H2,1-2H3. The molecular weight excluding hydrogens is 302 g/mol. The number of hydrogen-bond acceptors (Lipinski definition) is 4. The topological polar surface area (TPSA) is 39.7 Å². The van der Waals surface area contributed by atoms with Crippen molar-refractivity contribution in [1.82, 2.24) is 0 Å². The number of nitrogens with one attached hydrogen (secondary N) is 1. The molecule has 2 aromatic rings. The summed E-state index contributed by atoms with van der Waals surface area (Å²) in [5.41, 5.74) is 2.13. The van der Waals surface area contributed by atoms with Crippen LogP contribution in [0.2, 0.25) is 0 Å². The summed E-state index contributed by atoms with van der Waals surface area (Å²) in [7, 11) is 3.37. The molecule has 1 aliphatic rings. The van der Waals surface area contributed by atoms with Crippen molar-refractivity contribution in [2.45, 2.75) is 38.3 Å². The van der Waals surface area contributed by atoms with E-state index in [-0.39, 0.29) is 0 Å². The minimum absolute atomic E-state index is 0.309. The van der Waals surface area contributed by atoms with Crippen molar-refractivity contribution in [2.24, 2.45) is 0 Å². The van der Waals surface area contributed by atoms with Gasteiger partial charge in [-0.3, -0.25) is 0 Å². The monoisotopic (exact) mass is 327 g/mol. The molecule has 1 saturated carbocycles. The Hall–Kier alpha value is -2.36. The van der Waals surface area contributed by atoms with Crippen LogP contribution in [0.1, 0.15) is 31.2 Å². The fraction of sp³-hybridized carbons (Fsp3) is 0.400. The molecule has 4 nitrogen and oxygen atoms in total. The van der Waals surface area contributed by atoms with Crippen LogP contribution in [0.15, 0.2) is 42.5 Å². The third-order valence-corrected chi connectivity index (χ3v) is 4.43. The molecule has 1 fully saturated rings. The summed E-state index contributed by atoms with van der Waals surface area (Å²) in [6, 6.07) is 14.0. The first kappa shape index (κ1) is 16.5. The zero-order valence-corrected chi connectivity index (χ0v) is 14.4. The van der Waals surface area contributed by atoms with E-state index >= 15 is 0 Å². The number of benzene rings is 2. The van der Waals surface area contributed by atoms with Gasteiger partial charge in [0, 0.05) is 23.9 Å². The molecule has 0 heterocycles. The molecular formula is C20H25NO3. The second kappa shape index (κ2) is 7.95. The van der Waals surface area contributed by atoms with E-state index in [1.165, 1.54) is 12.8 Å². The van der Waals surface area contributed by atoms with Crippen molar-refractivity contribution in [3.8, 4) is 17.2 Å². The largest absolute Gasteiger partial charge is 0.496 e. The summed E-state index contributed by atoms with van der Waals surface area (Å²) in [4.78, 5) is 0. The molecule has 128 valence electrons. The molecule has 0 spiro atoms. The normalized spacial score (nSPS) is 14.4. The lowest BCUT2D eigenvalue weighted by atomic mass is 10.2. The van der Waals surface area contributed by atoms with Crippen LogP contribution in [-0.2, 0) is 6.54 Å². The van der Waals surface area contributed by atoms with E-state index in [2.05, 4.69) is 11.4 Å². The van der Waals surface area contributed by atoms with E-state index in [0.717, 1.165) is 41.3 Å². The fourth-order valence-corrected chi connectivity index (χ4v) is 3.11. The SMILES string of the molecule is COc1ccccc1CNc1ccc(OC)c(OC2CCCC2)c1. The van der Waals surface area contributed by atoms with Crippen molar-refractivity contribution in [2.75, 3.05) is 19.5 Å². The van der Waals surface area contributed by atoms with Crippen molar-refractivity contribution in [1.29, 1.82) is 0 Å². The second-order valence-corrected chi connectivity index (χ2v) is 6.06. The van der Waals surface area contributed by atoms with Crippen LogP contribution in [-0.4, -0.2) is 20.3 Å². The second-order valence-electron chi connectivity index (χ2n) is 6.06. The predicted molar refractivity (Wildman–Crippen MR) is 96.2 cm³/mol. The van der Waals surface area contributed by atoms with Gasteiger partial charge in [-0.2, -0.15) is 0 Å². The Labute approximate surface area is 143 Å². The highest BCUT2D eigenvalue weighted by molar-refractivity contribution is 5.55. The minimum Gasteiger partial charge on any atom is -0.496 e. The lowest BCUT2D eigenvalue weighted by molar-refractivity contribution is 0.201. The van der Waals surface area contributed by atoms with Gasteiger partial charge < -0.3 is 19.5 Å². The van der Waals surface area contributed by atoms with Crippen LogP contribution in [0.3, 0.4) is 0 Å². The average molecular weight is 327 g/mol. The number of ether oxygens (including phenoxy) is 3. The van der Waals surface area contributed by atoms with E-state index in [1.807, 2.05) is 36.4 Å². The third-order valence-electron chi connectivity index (χ3n) is 4.43. The lowest BCUT2D eigenvalue weighted by Crippen LogP contribution is -2.12. The highest BCUT2D eigenvalue weighted by Crippen LogP contribution is 2.34. The maximum atomic E-state index is 6.15. The highest BCUT2D eigenvalue weighted by Gasteiger charge is 2.18. The van der Waals surface area contributed by atoms with E-state index in [1.54, 1.807) is 14.2 Å². The molecule has 1 N–H and O–H groups in total. The molecule has 3 rings (SSSR count). The zero-order valence-electron chi connectivity index (χ0n) is 14.4. The summed E-state index contributed by atoms with van der Waals surface area (Å²) >= 11 is 0. The van der Waals surface area contributed by atoms with Crippen LogP contribution in [0, 0.1) is 0 Å². The van der Waals surface area contributed by atoms with E-state index in [9.17, 15) is 0 Å². The molecule has 24 heavy (non-hydrogen) atoms. The van der Waals surface area contributed by atoms with Crippen LogP contribution in [0.25, 0.3) is 0 Å². The summed E-state index contributed by atoms with van der Waals surface area (Å²) < 4.78 is 17.0. The number of methoxy groups -OCH3 is 2. The Morgan fingerprint density at radius 2 is 1.67 bits per heavy atom. The van der Waals surface area contributed by atoms with Crippen molar-refractivity contribution in [3.63, 3.8) is 0 Å². The van der Waals surface area contributed by atoms with E-state index in [0.29, 0.717) is 12.6 Å². The molecule has 0 aliphatic heterocycles. The molecule has 0 atom stereocenters.